The fourth-order valence-corrected chi connectivity index (χ4v) is 3.93. The maximum absolute atomic E-state index is 12.7. The third-order valence-electron chi connectivity index (χ3n) is 4.38. The van der Waals surface area contributed by atoms with Gasteiger partial charge >= 0.3 is 0 Å². The van der Waals surface area contributed by atoms with Gasteiger partial charge in [0.2, 0.25) is 11.8 Å². The maximum Gasteiger partial charge on any atom is 0.229 e. The molecule has 2 aromatic carbocycles. The SMILES string of the molecule is COc1ccc(C)cc1N1CC(C(=O)Nc2c(Cl)cc(Cl)cc2Cl)CC1=O. The molecule has 0 radical (unpaired) electrons. The lowest BCUT2D eigenvalue weighted by atomic mass is 10.1. The summed E-state index contributed by atoms with van der Waals surface area (Å²) in [7, 11) is 1.55. The third-order valence-corrected chi connectivity index (χ3v) is 5.19. The van der Waals surface area contributed by atoms with Gasteiger partial charge in [-0.15, -0.1) is 0 Å². The molecule has 142 valence electrons. The number of aryl methyl sites for hydroxylation is 1. The monoisotopic (exact) mass is 426 g/mol. The topological polar surface area (TPSA) is 58.6 Å². The molecule has 5 nitrogen and oxygen atoms in total. The molecule has 8 heteroatoms. The van der Waals surface area contributed by atoms with Gasteiger partial charge < -0.3 is 15.0 Å². The second kappa shape index (κ2) is 7.97. The third kappa shape index (κ3) is 4.15. The van der Waals surface area contributed by atoms with Crippen LogP contribution in [0.4, 0.5) is 11.4 Å². The summed E-state index contributed by atoms with van der Waals surface area (Å²) in [4.78, 5) is 26.8. The first kappa shape index (κ1) is 19.8. The molecule has 0 aromatic heterocycles. The highest BCUT2D eigenvalue weighted by Crippen LogP contribution is 2.36. The molecule has 2 aromatic rings. The van der Waals surface area contributed by atoms with E-state index in [2.05, 4.69) is 5.32 Å². The van der Waals surface area contributed by atoms with Gasteiger partial charge in [-0.3, -0.25) is 9.59 Å². The van der Waals surface area contributed by atoms with Crippen LogP contribution in [0.15, 0.2) is 30.3 Å². The fourth-order valence-electron chi connectivity index (χ4n) is 3.01. The van der Waals surface area contributed by atoms with Crippen LogP contribution in [0.25, 0.3) is 0 Å². The average Bonchev–Trinajstić information content (AvgIpc) is 2.99. The van der Waals surface area contributed by atoms with E-state index in [0.717, 1.165) is 5.56 Å². The standard InChI is InChI=1S/C19H17Cl3N2O3/c1-10-3-4-16(27-2)15(5-10)24-9-11(6-17(24)25)19(26)23-18-13(21)7-12(20)8-14(18)22/h3-5,7-8,11H,6,9H2,1-2H3,(H,23,26). The van der Waals surface area contributed by atoms with Gasteiger partial charge in [0.25, 0.3) is 0 Å². The number of carbonyl (C=O) groups excluding carboxylic acids is 2. The highest BCUT2D eigenvalue weighted by molar-refractivity contribution is 6.42. The molecule has 0 bridgehead atoms. The van der Waals surface area contributed by atoms with Crippen molar-refractivity contribution >= 4 is 58.0 Å². The fraction of sp³-hybridized carbons (Fsp3) is 0.263. The number of carbonyl (C=O) groups is 2. The molecular formula is C19H17Cl3N2O3. The molecule has 0 aliphatic carbocycles. The Morgan fingerprint density at radius 1 is 1.19 bits per heavy atom. The number of nitrogens with one attached hydrogen (secondary N) is 1. The second-order valence-electron chi connectivity index (χ2n) is 6.31. The van der Waals surface area contributed by atoms with Crippen LogP contribution in [-0.4, -0.2) is 25.5 Å². The van der Waals surface area contributed by atoms with Crippen molar-refractivity contribution in [1.29, 1.82) is 0 Å². The largest absolute Gasteiger partial charge is 0.495 e. The van der Waals surface area contributed by atoms with Crippen molar-refractivity contribution < 1.29 is 14.3 Å². The Hall–Kier alpha value is -1.95. The van der Waals surface area contributed by atoms with Gasteiger partial charge in [0.15, 0.2) is 0 Å². The van der Waals surface area contributed by atoms with E-state index in [1.54, 1.807) is 18.1 Å². The van der Waals surface area contributed by atoms with Crippen LogP contribution in [0.1, 0.15) is 12.0 Å². The van der Waals surface area contributed by atoms with Gasteiger partial charge in [0, 0.05) is 18.0 Å². The number of ether oxygens (including phenoxy) is 1. The Morgan fingerprint density at radius 2 is 1.85 bits per heavy atom. The van der Waals surface area contributed by atoms with Crippen LogP contribution in [-0.2, 0) is 9.59 Å². The lowest BCUT2D eigenvalue weighted by Crippen LogP contribution is -2.28. The highest BCUT2D eigenvalue weighted by Gasteiger charge is 2.36. The summed E-state index contributed by atoms with van der Waals surface area (Å²) in [6.07, 6.45) is 0.0890. The zero-order valence-electron chi connectivity index (χ0n) is 14.7. The summed E-state index contributed by atoms with van der Waals surface area (Å²) in [5.74, 6) is -0.430. The van der Waals surface area contributed by atoms with E-state index >= 15 is 0 Å². The Labute approximate surface area is 172 Å². The van der Waals surface area contributed by atoms with Gasteiger partial charge in [0.05, 0.1) is 34.4 Å². The number of anilines is 2. The molecule has 1 aliphatic rings. The Bertz CT molecular complexity index is 894. The van der Waals surface area contributed by atoms with Gasteiger partial charge in [-0.2, -0.15) is 0 Å². The predicted molar refractivity (Wildman–Crippen MR) is 108 cm³/mol. The van der Waals surface area contributed by atoms with E-state index in [0.29, 0.717) is 16.5 Å². The summed E-state index contributed by atoms with van der Waals surface area (Å²) in [5, 5.41) is 3.56. The molecule has 1 atom stereocenters. The smallest absolute Gasteiger partial charge is 0.229 e. The molecule has 27 heavy (non-hydrogen) atoms. The highest BCUT2D eigenvalue weighted by atomic mass is 35.5. The number of hydrogen-bond acceptors (Lipinski definition) is 3. The number of methoxy groups -OCH3 is 1. The van der Waals surface area contributed by atoms with Crippen LogP contribution >= 0.6 is 34.8 Å². The molecule has 1 heterocycles. The first-order chi connectivity index (χ1) is 12.8. The molecule has 1 fully saturated rings. The van der Waals surface area contributed by atoms with E-state index in [1.165, 1.54) is 12.1 Å². The van der Waals surface area contributed by atoms with Gasteiger partial charge in [0.1, 0.15) is 5.75 Å². The van der Waals surface area contributed by atoms with Crippen LogP contribution in [0, 0.1) is 12.8 Å². The van der Waals surface area contributed by atoms with E-state index in [9.17, 15) is 9.59 Å². The maximum atomic E-state index is 12.7. The van der Waals surface area contributed by atoms with Crippen molar-refractivity contribution in [3.63, 3.8) is 0 Å². The minimum atomic E-state index is -0.537. The average molecular weight is 428 g/mol. The molecular weight excluding hydrogens is 411 g/mol. The summed E-state index contributed by atoms with van der Waals surface area (Å²) in [6, 6.07) is 8.56. The summed E-state index contributed by atoms with van der Waals surface area (Å²) in [6.45, 7) is 2.17. The Kier molecular flexibility index (Phi) is 5.84. The number of benzene rings is 2. The van der Waals surface area contributed by atoms with E-state index < -0.39 is 5.92 Å². The first-order valence-electron chi connectivity index (χ1n) is 8.20. The van der Waals surface area contributed by atoms with Crippen LogP contribution in [0.3, 0.4) is 0 Å². The zero-order chi connectivity index (χ0) is 19.7. The molecule has 1 N–H and O–H groups in total. The van der Waals surface area contributed by atoms with E-state index in [4.69, 9.17) is 39.5 Å². The zero-order valence-corrected chi connectivity index (χ0v) is 17.0. The summed E-state index contributed by atoms with van der Waals surface area (Å²) in [5.41, 5.74) is 1.93. The quantitative estimate of drug-likeness (QED) is 0.750. The number of nitrogens with zero attached hydrogens (tertiary/aromatic N) is 1. The van der Waals surface area contributed by atoms with Gasteiger partial charge in [-0.25, -0.2) is 0 Å². The number of halogens is 3. The molecule has 1 saturated heterocycles. The van der Waals surface area contributed by atoms with Crippen LogP contribution < -0.4 is 15.0 Å². The lowest BCUT2D eigenvalue weighted by molar-refractivity contribution is -0.122. The molecule has 2 amide bonds. The predicted octanol–water partition coefficient (Wildman–Crippen LogP) is 4.96. The second-order valence-corrected chi connectivity index (χ2v) is 7.57. The lowest BCUT2D eigenvalue weighted by Gasteiger charge is -2.20. The van der Waals surface area contributed by atoms with Crippen molar-refractivity contribution in [1.82, 2.24) is 0 Å². The number of amides is 2. The first-order valence-corrected chi connectivity index (χ1v) is 9.34. The minimum absolute atomic E-state index is 0.0890. The van der Waals surface area contributed by atoms with Crippen LogP contribution in [0.2, 0.25) is 15.1 Å². The number of hydrogen-bond donors (Lipinski definition) is 1. The van der Waals surface area contributed by atoms with E-state index in [-0.39, 0.29) is 40.5 Å². The number of rotatable bonds is 4. The van der Waals surface area contributed by atoms with Crippen molar-refractivity contribution in [3.8, 4) is 5.75 Å². The molecule has 1 unspecified atom stereocenters. The molecule has 0 saturated carbocycles. The Morgan fingerprint density at radius 3 is 2.48 bits per heavy atom. The van der Waals surface area contributed by atoms with Crippen LogP contribution in [0.5, 0.6) is 5.75 Å². The normalized spacial score (nSPS) is 16.6. The minimum Gasteiger partial charge on any atom is -0.495 e. The van der Waals surface area contributed by atoms with Crippen molar-refractivity contribution in [2.75, 3.05) is 23.9 Å². The van der Waals surface area contributed by atoms with Crippen molar-refractivity contribution in [3.05, 3.63) is 51.0 Å². The van der Waals surface area contributed by atoms with Crippen molar-refractivity contribution in [2.24, 2.45) is 5.92 Å². The molecule has 0 spiro atoms. The molecule has 1 aliphatic heterocycles. The Balaban J connectivity index is 1.80. The molecule has 3 rings (SSSR count). The van der Waals surface area contributed by atoms with Gasteiger partial charge in [-0.1, -0.05) is 40.9 Å². The summed E-state index contributed by atoms with van der Waals surface area (Å²) >= 11 is 18.1. The van der Waals surface area contributed by atoms with Crippen molar-refractivity contribution in [2.45, 2.75) is 13.3 Å². The van der Waals surface area contributed by atoms with E-state index in [1.807, 2.05) is 19.1 Å². The summed E-state index contributed by atoms with van der Waals surface area (Å²) < 4.78 is 5.35. The van der Waals surface area contributed by atoms with Gasteiger partial charge in [-0.05, 0) is 36.8 Å².